The number of amides is 1. The lowest BCUT2D eigenvalue weighted by Gasteiger charge is -2.25. The fourth-order valence-corrected chi connectivity index (χ4v) is 1.88. The minimum absolute atomic E-state index is 0.0155. The number of hydrogen-bond donors (Lipinski definition) is 2. The second-order valence-corrected chi connectivity index (χ2v) is 5.28. The molecule has 0 atom stereocenters. The van der Waals surface area contributed by atoms with Crippen molar-refractivity contribution < 1.29 is 9.90 Å². The summed E-state index contributed by atoms with van der Waals surface area (Å²) in [6.45, 7) is 3.69. The van der Waals surface area contributed by atoms with Crippen molar-refractivity contribution in [1.82, 2.24) is 5.32 Å². The third kappa shape index (κ3) is 4.19. The first-order chi connectivity index (χ1) is 7.85. The molecule has 0 aliphatic heterocycles. The van der Waals surface area contributed by atoms with Crippen molar-refractivity contribution in [1.29, 1.82) is 0 Å². The van der Waals surface area contributed by atoms with E-state index in [1.165, 1.54) is 6.07 Å². The first kappa shape index (κ1) is 14.3. The molecule has 0 fully saturated rings. The summed E-state index contributed by atoms with van der Waals surface area (Å²) in [4.78, 5) is 11.9. The molecule has 0 saturated carbocycles. The SMILES string of the molecule is CC(C)(CCO)NC(=O)c1ccc(Cl)cc1Cl. The van der Waals surface area contributed by atoms with E-state index in [0.717, 1.165) is 0 Å². The smallest absolute Gasteiger partial charge is 0.253 e. The Bertz CT molecular complexity index is 419. The predicted molar refractivity (Wildman–Crippen MR) is 69.7 cm³/mol. The average molecular weight is 276 g/mol. The summed E-state index contributed by atoms with van der Waals surface area (Å²) in [6.07, 6.45) is 0.476. The third-order valence-corrected chi connectivity index (χ3v) is 2.91. The third-order valence-electron chi connectivity index (χ3n) is 2.36. The zero-order valence-electron chi connectivity index (χ0n) is 9.76. The monoisotopic (exact) mass is 275 g/mol. The standard InChI is InChI=1S/C12H15Cl2NO2/c1-12(2,5-6-16)15-11(17)9-4-3-8(13)7-10(9)14/h3-4,7,16H,5-6H2,1-2H3,(H,15,17). The lowest BCUT2D eigenvalue weighted by molar-refractivity contribution is 0.0899. The number of halogens is 2. The van der Waals surface area contributed by atoms with Crippen molar-refractivity contribution >= 4 is 29.1 Å². The van der Waals surface area contributed by atoms with Gasteiger partial charge in [-0.1, -0.05) is 23.2 Å². The highest BCUT2D eigenvalue weighted by molar-refractivity contribution is 6.36. The highest BCUT2D eigenvalue weighted by Crippen LogP contribution is 2.21. The Morgan fingerprint density at radius 3 is 2.59 bits per heavy atom. The molecule has 1 aromatic carbocycles. The normalized spacial score (nSPS) is 11.4. The van der Waals surface area contributed by atoms with Crippen LogP contribution in [0.2, 0.25) is 10.0 Å². The summed E-state index contributed by atoms with van der Waals surface area (Å²) in [7, 11) is 0. The Morgan fingerprint density at radius 1 is 1.41 bits per heavy atom. The Kier molecular flexibility index (Phi) is 4.80. The van der Waals surface area contributed by atoms with Gasteiger partial charge in [-0.25, -0.2) is 0 Å². The number of aliphatic hydroxyl groups excluding tert-OH is 1. The van der Waals surface area contributed by atoms with Crippen LogP contribution in [0.1, 0.15) is 30.6 Å². The molecule has 0 unspecified atom stereocenters. The average Bonchev–Trinajstić information content (AvgIpc) is 2.15. The number of benzene rings is 1. The molecule has 1 aromatic rings. The minimum Gasteiger partial charge on any atom is -0.396 e. The lowest BCUT2D eigenvalue weighted by atomic mass is 10.0. The molecular formula is C12H15Cl2NO2. The number of carbonyl (C=O) groups excluding carboxylic acids is 1. The molecule has 17 heavy (non-hydrogen) atoms. The van der Waals surface area contributed by atoms with Crippen molar-refractivity contribution in [3.8, 4) is 0 Å². The van der Waals surface area contributed by atoms with Crippen molar-refractivity contribution in [3.05, 3.63) is 33.8 Å². The summed E-state index contributed by atoms with van der Waals surface area (Å²) in [6, 6.07) is 4.72. The molecular weight excluding hydrogens is 261 g/mol. The largest absolute Gasteiger partial charge is 0.396 e. The molecule has 0 bridgehead atoms. The van der Waals surface area contributed by atoms with E-state index in [1.807, 2.05) is 13.8 Å². The zero-order valence-corrected chi connectivity index (χ0v) is 11.3. The molecule has 2 N–H and O–H groups in total. The maximum atomic E-state index is 11.9. The molecule has 3 nitrogen and oxygen atoms in total. The van der Waals surface area contributed by atoms with Crippen molar-refractivity contribution in [2.75, 3.05) is 6.61 Å². The van der Waals surface area contributed by atoms with Crippen LogP contribution in [-0.4, -0.2) is 23.2 Å². The second kappa shape index (κ2) is 5.71. The predicted octanol–water partition coefficient (Wildman–Crippen LogP) is 2.88. The summed E-state index contributed by atoms with van der Waals surface area (Å²) in [5, 5.41) is 12.5. The summed E-state index contributed by atoms with van der Waals surface area (Å²) in [5.74, 6) is -0.273. The van der Waals surface area contributed by atoms with Crippen LogP contribution in [0.5, 0.6) is 0 Å². The van der Waals surface area contributed by atoms with Crippen LogP contribution in [0.15, 0.2) is 18.2 Å². The van der Waals surface area contributed by atoms with Gasteiger partial charge in [-0.3, -0.25) is 4.79 Å². The van der Waals surface area contributed by atoms with Gasteiger partial charge in [0.05, 0.1) is 10.6 Å². The van der Waals surface area contributed by atoms with Crippen LogP contribution in [0.3, 0.4) is 0 Å². The maximum absolute atomic E-state index is 11.9. The first-order valence-electron chi connectivity index (χ1n) is 5.24. The van der Waals surface area contributed by atoms with Gasteiger partial charge in [0.25, 0.3) is 5.91 Å². The van der Waals surface area contributed by atoms with Crippen LogP contribution < -0.4 is 5.32 Å². The van der Waals surface area contributed by atoms with Crippen molar-refractivity contribution in [3.63, 3.8) is 0 Å². The Morgan fingerprint density at radius 2 is 2.06 bits per heavy atom. The fourth-order valence-electron chi connectivity index (χ4n) is 1.39. The van der Waals surface area contributed by atoms with E-state index < -0.39 is 5.54 Å². The van der Waals surface area contributed by atoms with Crippen LogP contribution >= 0.6 is 23.2 Å². The van der Waals surface area contributed by atoms with E-state index in [4.69, 9.17) is 28.3 Å². The van der Waals surface area contributed by atoms with Crippen molar-refractivity contribution in [2.45, 2.75) is 25.8 Å². The highest BCUT2D eigenvalue weighted by Gasteiger charge is 2.21. The van der Waals surface area contributed by atoms with Gasteiger partial charge >= 0.3 is 0 Å². The van der Waals surface area contributed by atoms with Gasteiger partial charge in [-0.05, 0) is 38.5 Å². The van der Waals surface area contributed by atoms with E-state index >= 15 is 0 Å². The van der Waals surface area contributed by atoms with E-state index in [0.29, 0.717) is 22.0 Å². The molecule has 0 saturated heterocycles. The Hall–Kier alpha value is -0.770. The summed E-state index contributed by atoms with van der Waals surface area (Å²) < 4.78 is 0. The number of aliphatic hydroxyl groups is 1. The summed E-state index contributed by atoms with van der Waals surface area (Å²) >= 11 is 11.7. The van der Waals surface area contributed by atoms with Crippen LogP contribution in [0.25, 0.3) is 0 Å². The quantitative estimate of drug-likeness (QED) is 0.888. The van der Waals surface area contributed by atoms with Gasteiger partial charge in [-0.2, -0.15) is 0 Å². The number of carbonyl (C=O) groups is 1. The second-order valence-electron chi connectivity index (χ2n) is 4.44. The maximum Gasteiger partial charge on any atom is 0.253 e. The zero-order chi connectivity index (χ0) is 13.1. The lowest BCUT2D eigenvalue weighted by Crippen LogP contribution is -2.44. The Balaban J connectivity index is 2.83. The van der Waals surface area contributed by atoms with E-state index in [-0.39, 0.29) is 12.5 Å². The van der Waals surface area contributed by atoms with Crippen molar-refractivity contribution in [2.24, 2.45) is 0 Å². The van der Waals surface area contributed by atoms with Gasteiger partial charge < -0.3 is 10.4 Å². The molecule has 0 aromatic heterocycles. The fraction of sp³-hybridized carbons (Fsp3) is 0.417. The molecule has 0 spiro atoms. The minimum atomic E-state index is -0.477. The number of nitrogens with one attached hydrogen (secondary N) is 1. The van der Waals surface area contributed by atoms with Crippen LogP contribution in [0.4, 0.5) is 0 Å². The van der Waals surface area contributed by atoms with Gasteiger partial charge in [0.15, 0.2) is 0 Å². The van der Waals surface area contributed by atoms with Gasteiger partial charge in [0.2, 0.25) is 0 Å². The van der Waals surface area contributed by atoms with Gasteiger partial charge in [0.1, 0.15) is 0 Å². The molecule has 5 heteroatoms. The van der Waals surface area contributed by atoms with E-state index in [1.54, 1.807) is 12.1 Å². The highest BCUT2D eigenvalue weighted by atomic mass is 35.5. The molecule has 94 valence electrons. The molecule has 1 rings (SSSR count). The van der Waals surface area contributed by atoms with Crippen LogP contribution in [-0.2, 0) is 0 Å². The van der Waals surface area contributed by atoms with Gasteiger partial charge in [0, 0.05) is 17.2 Å². The summed E-state index contributed by atoms with van der Waals surface area (Å²) in [5.41, 5.74) is -0.100. The first-order valence-corrected chi connectivity index (χ1v) is 6.00. The number of hydrogen-bond acceptors (Lipinski definition) is 2. The van der Waals surface area contributed by atoms with Gasteiger partial charge in [-0.15, -0.1) is 0 Å². The topological polar surface area (TPSA) is 49.3 Å². The Labute approximate surface area is 111 Å². The molecule has 0 aliphatic carbocycles. The van der Waals surface area contributed by atoms with E-state index in [9.17, 15) is 4.79 Å². The van der Waals surface area contributed by atoms with Crippen LogP contribution in [0, 0.1) is 0 Å². The molecule has 0 heterocycles. The molecule has 1 amide bonds. The molecule has 0 aliphatic rings. The number of rotatable bonds is 4. The van der Waals surface area contributed by atoms with E-state index in [2.05, 4.69) is 5.32 Å². The molecule has 0 radical (unpaired) electrons.